The minimum absolute atomic E-state index is 0.104. The SMILES string of the molecule is C[C@@H]1C[C@H](OC(=O)C(O)c2cccnc2)CC(C)(C)C1. The van der Waals surface area contributed by atoms with Crippen molar-refractivity contribution in [1.82, 2.24) is 4.98 Å². The zero-order valence-electron chi connectivity index (χ0n) is 12.4. The first-order chi connectivity index (χ1) is 9.37. The first-order valence-electron chi connectivity index (χ1n) is 7.16. The lowest BCUT2D eigenvalue weighted by Crippen LogP contribution is -2.35. The Balaban J connectivity index is 1.97. The third-order valence-electron chi connectivity index (χ3n) is 3.85. The van der Waals surface area contributed by atoms with Crippen molar-refractivity contribution in [1.29, 1.82) is 0 Å². The van der Waals surface area contributed by atoms with Crippen LogP contribution in [0.4, 0.5) is 0 Å². The fourth-order valence-corrected chi connectivity index (χ4v) is 3.25. The maximum Gasteiger partial charge on any atom is 0.339 e. The average Bonchev–Trinajstić information content (AvgIpc) is 2.36. The molecule has 0 amide bonds. The molecule has 4 nitrogen and oxygen atoms in total. The summed E-state index contributed by atoms with van der Waals surface area (Å²) in [4.78, 5) is 15.9. The van der Waals surface area contributed by atoms with Gasteiger partial charge >= 0.3 is 5.97 Å². The highest BCUT2D eigenvalue weighted by Gasteiger charge is 2.35. The monoisotopic (exact) mass is 277 g/mol. The van der Waals surface area contributed by atoms with E-state index < -0.39 is 12.1 Å². The van der Waals surface area contributed by atoms with E-state index in [-0.39, 0.29) is 11.5 Å². The number of hydrogen-bond donors (Lipinski definition) is 1. The van der Waals surface area contributed by atoms with E-state index in [1.807, 2.05) is 0 Å². The summed E-state index contributed by atoms with van der Waals surface area (Å²) in [5.41, 5.74) is 0.655. The van der Waals surface area contributed by atoms with E-state index in [1.54, 1.807) is 18.3 Å². The van der Waals surface area contributed by atoms with Crippen LogP contribution >= 0.6 is 0 Å². The molecule has 0 spiro atoms. The standard InChI is InChI=1S/C16H23NO3/c1-11-7-13(9-16(2,3)8-11)20-15(19)14(18)12-5-4-6-17-10-12/h4-6,10-11,13-14,18H,7-9H2,1-3H3/t11-,13+,14?/m1/s1. The van der Waals surface area contributed by atoms with E-state index in [9.17, 15) is 9.90 Å². The number of aliphatic hydroxyl groups excluding tert-OH is 1. The van der Waals surface area contributed by atoms with Crippen LogP contribution in [0, 0.1) is 11.3 Å². The van der Waals surface area contributed by atoms with Crippen molar-refractivity contribution < 1.29 is 14.6 Å². The van der Waals surface area contributed by atoms with Crippen LogP contribution in [0.2, 0.25) is 0 Å². The molecule has 1 aromatic rings. The van der Waals surface area contributed by atoms with Crippen molar-refractivity contribution in [2.75, 3.05) is 0 Å². The lowest BCUT2D eigenvalue weighted by molar-refractivity contribution is -0.163. The molecule has 0 bridgehead atoms. The Labute approximate surface area is 120 Å². The number of aliphatic hydroxyl groups is 1. The second kappa shape index (κ2) is 5.92. The fourth-order valence-electron chi connectivity index (χ4n) is 3.25. The molecule has 1 aromatic heterocycles. The second-order valence-electron chi connectivity index (χ2n) is 6.66. The van der Waals surface area contributed by atoms with Gasteiger partial charge in [0, 0.05) is 18.0 Å². The summed E-state index contributed by atoms with van der Waals surface area (Å²) >= 11 is 0. The minimum Gasteiger partial charge on any atom is -0.460 e. The van der Waals surface area contributed by atoms with Gasteiger partial charge < -0.3 is 9.84 Å². The molecule has 1 aliphatic carbocycles. The maximum atomic E-state index is 12.0. The molecule has 0 aromatic carbocycles. The van der Waals surface area contributed by atoms with Crippen LogP contribution in [0.25, 0.3) is 0 Å². The maximum absolute atomic E-state index is 12.0. The van der Waals surface area contributed by atoms with Gasteiger partial charge in [0.1, 0.15) is 6.10 Å². The lowest BCUT2D eigenvalue weighted by Gasteiger charge is -2.38. The van der Waals surface area contributed by atoms with Crippen molar-refractivity contribution in [2.45, 2.75) is 52.2 Å². The average molecular weight is 277 g/mol. The van der Waals surface area contributed by atoms with Gasteiger partial charge in [-0.25, -0.2) is 4.79 Å². The first-order valence-corrected chi connectivity index (χ1v) is 7.16. The summed E-state index contributed by atoms with van der Waals surface area (Å²) in [5, 5.41) is 10.0. The Morgan fingerprint density at radius 3 is 2.85 bits per heavy atom. The molecule has 4 heteroatoms. The molecular weight excluding hydrogens is 254 g/mol. The Hall–Kier alpha value is -1.42. The minimum atomic E-state index is -1.25. The number of rotatable bonds is 3. The summed E-state index contributed by atoms with van der Waals surface area (Å²) in [7, 11) is 0. The van der Waals surface area contributed by atoms with Gasteiger partial charge in [-0.15, -0.1) is 0 Å². The van der Waals surface area contributed by atoms with Crippen LogP contribution in [0.1, 0.15) is 51.7 Å². The molecule has 1 fully saturated rings. The number of carbonyl (C=O) groups is 1. The molecule has 0 saturated heterocycles. The highest BCUT2D eigenvalue weighted by atomic mass is 16.6. The number of carbonyl (C=O) groups excluding carboxylic acids is 1. The number of esters is 1. The van der Waals surface area contributed by atoms with E-state index in [2.05, 4.69) is 25.8 Å². The molecule has 2 rings (SSSR count). The molecule has 0 aliphatic heterocycles. The van der Waals surface area contributed by atoms with Crippen molar-refractivity contribution in [3.8, 4) is 0 Å². The van der Waals surface area contributed by atoms with Gasteiger partial charge in [-0.05, 0) is 36.7 Å². The van der Waals surface area contributed by atoms with Gasteiger partial charge in [-0.1, -0.05) is 26.8 Å². The van der Waals surface area contributed by atoms with Gasteiger partial charge in [0.25, 0.3) is 0 Å². The molecule has 1 heterocycles. The van der Waals surface area contributed by atoms with Gasteiger partial charge in [0.15, 0.2) is 6.10 Å². The molecule has 1 saturated carbocycles. The molecule has 1 aliphatic rings. The lowest BCUT2D eigenvalue weighted by atomic mass is 9.71. The van der Waals surface area contributed by atoms with Gasteiger partial charge in [0.05, 0.1) is 0 Å². The van der Waals surface area contributed by atoms with E-state index in [4.69, 9.17) is 4.74 Å². The summed E-state index contributed by atoms with van der Waals surface area (Å²) < 4.78 is 5.50. The molecular formula is C16H23NO3. The first kappa shape index (κ1) is 15.0. The molecule has 20 heavy (non-hydrogen) atoms. The highest BCUT2D eigenvalue weighted by molar-refractivity contribution is 5.76. The number of pyridine rings is 1. The van der Waals surface area contributed by atoms with Crippen LogP contribution in [-0.4, -0.2) is 22.2 Å². The van der Waals surface area contributed by atoms with Crippen molar-refractivity contribution >= 4 is 5.97 Å². The van der Waals surface area contributed by atoms with Crippen LogP contribution in [0.3, 0.4) is 0 Å². The van der Waals surface area contributed by atoms with E-state index >= 15 is 0 Å². The summed E-state index contributed by atoms with van der Waals surface area (Å²) in [6.45, 7) is 6.57. The van der Waals surface area contributed by atoms with Crippen LogP contribution in [0.5, 0.6) is 0 Å². The van der Waals surface area contributed by atoms with Gasteiger partial charge in [-0.2, -0.15) is 0 Å². The van der Waals surface area contributed by atoms with Crippen LogP contribution in [0.15, 0.2) is 24.5 Å². The third kappa shape index (κ3) is 3.79. The Bertz CT molecular complexity index is 458. The molecule has 1 unspecified atom stereocenters. The number of nitrogens with zero attached hydrogens (tertiary/aromatic N) is 1. The van der Waals surface area contributed by atoms with E-state index in [0.717, 1.165) is 19.3 Å². The third-order valence-corrected chi connectivity index (χ3v) is 3.85. The predicted octanol–water partition coefficient (Wildman–Crippen LogP) is 2.87. The predicted molar refractivity (Wildman–Crippen MR) is 75.9 cm³/mol. The number of ether oxygens (including phenoxy) is 1. The number of hydrogen-bond acceptors (Lipinski definition) is 4. The molecule has 3 atom stereocenters. The zero-order valence-corrected chi connectivity index (χ0v) is 12.4. The van der Waals surface area contributed by atoms with Crippen molar-refractivity contribution in [2.24, 2.45) is 11.3 Å². The summed E-state index contributed by atoms with van der Waals surface area (Å²) in [6, 6.07) is 3.37. The topological polar surface area (TPSA) is 59.4 Å². The fraction of sp³-hybridized carbons (Fsp3) is 0.625. The Morgan fingerprint density at radius 1 is 1.50 bits per heavy atom. The summed E-state index contributed by atoms with van der Waals surface area (Å²) in [6.07, 6.45) is 4.60. The van der Waals surface area contributed by atoms with E-state index in [0.29, 0.717) is 11.5 Å². The second-order valence-corrected chi connectivity index (χ2v) is 6.66. The summed E-state index contributed by atoms with van der Waals surface area (Å²) in [5.74, 6) is -0.0417. The normalized spacial score (nSPS) is 26.8. The highest BCUT2D eigenvalue weighted by Crippen LogP contribution is 2.40. The van der Waals surface area contributed by atoms with Crippen molar-refractivity contribution in [3.05, 3.63) is 30.1 Å². The Kier molecular flexibility index (Phi) is 4.43. The molecule has 0 radical (unpaired) electrons. The molecule has 110 valence electrons. The number of aromatic nitrogens is 1. The Morgan fingerprint density at radius 2 is 2.25 bits per heavy atom. The van der Waals surface area contributed by atoms with E-state index in [1.165, 1.54) is 6.20 Å². The van der Waals surface area contributed by atoms with Gasteiger partial charge in [-0.3, -0.25) is 4.98 Å². The van der Waals surface area contributed by atoms with Crippen LogP contribution < -0.4 is 0 Å². The smallest absolute Gasteiger partial charge is 0.339 e. The van der Waals surface area contributed by atoms with Crippen molar-refractivity contribution in [3.63, 3.8) is 0 Å². The largest absolute Gasteiger partial charge is 0.460 e. The zero-order chi connectivity index (χ0) is 14.8. The van der Waals surface area contributed by atoms with Crippen LogP contribution in [-0.2, 0) is 9.53 Å². The molecule has 1 N–H and O–H groups in total. The quantitative estimate of drug-likeness (QED) is 0.863. The van der Waals surface area contributed by atoms with Gasteiger partial charge in [0.2, 0.25) is 0 Å².